The minimum absolute atomic E-state index is 0.166. The van der Waals surface area contributed by atoms with Gasteiger partial charge in [-0.1, -0.05) is 13.0 Å². The van der Waals surface area contributed by atoms with Gasteiger partial charge in [0.2, 0.25) is 10.0 Å². The number of hydrogen-bond acceptors (Lipinski definition) is 2. The van der Waals surface area contributed by atoms with Crippen molar-refractivity contribution in [2.24, 2.45) is 5.92 Å². The molecule has 1 unspecified atom stereocenters. The van der Waals surface area contributed by atoms with Crippen molar-refractivity contribution >= 4 is 21.6 Å². The summed E-state index contributed by atoms with van der Waals surface area (Å²) in [5.41, 5.74) is 0.601. The van der Waals surface area contributed by atoms with Gasteiger partial charge in [0.25, 0.3) is 0 Å². The number of sulfonamides is 1. The van der Waals surface area contributed by atoms with Gasteiger partial charge in [-0.25, -0.2) is 12.8 Å². The summed E-state index contributed by atoms with van der Waals surface area (Å²) in [6.45, 7) is 2.89. The van der Waals surface area contributed by atoms with Gasteiger partial charge in [0.15, 0.2) is 0 Å². The molecule has 2 rings (SSSR count). The van der Waals surface area contributed by atoms with Gasteiger partial charge >= 0.3 is 0 Å². The Bertz CT molecular complexity index is 547. The molecule has 0 radical (unpaired) electrons. The second kappa shape index (κ2) is 5.15. The molecule has 0 amide bonds. The van der Waals surface area contributed by atoms with Crippen molar-refractivity contribution in [3.63, 3.8) is 0 Å². The molecule has 1 aromatic carbocycles. The Morgan fingerprint density at radius 2 is 2.22 bits per heavy atom. The van der Waals surface area contributed by atoms with Crippen molar-refractivity contribution in [2.45, 2.75) is 24.1 Å². The van der Waals surface area contributed by atoms with Gasteiger partial charge in [-0.05, 0) is 30.0 Å². The highest BCUT2D eigenvalue weighted by Crippen LogP contribution is 2.26. The Morgan fingerprint density at radius 1 is 1.50 bits per heavy atom. The van der Waals surface area contributed by atoms with Crippen LogP contribution in [0.3, 0.4) is 0 Å². The molecule has 0 aromatic heterocycles. The Labute approximate surface area is 112 Å². The van der Waals surface area contributed by atoms with Crippen LogP contribution >= 0.6 is 11.6 Å². The third-order valence-corrected chi connectivity index (χ3v) is 5.34. The molecule has 1 saturated heterocycles. The smallest absolute Gasteiger partial charge is 0.207 e. The topological polar surface area (TPSA) is 37.4 Å². The highest BCUT2D eigenvalue weighted by molar-refractivity contribution is 7.89. The van der Waals surface area contributed by atoms with E-state index in [9.17, 15) is 12.8 Å². The predicted octanol–water partition coefficient (Wildman–Crippen LogP) is 2.60. The number of rotatable bonds is 3. The third kappa shape index (κ3) is 2.53. The van der Waals surface area contributed by atoms with Crippen LogP contribution in [-0.4, -0.2) is 25.8 Å². The van der Waals surface area contributed by atoms with E-state index in [1.54, 1.807) is 0 Å². The molecule has 1 aliphatic heterocycles. The summed E-state index contributed by atoms with van der Waals surface area (Å²) in [4.78, 5) is -0.269. The van der Waals surface area contributed by atoms with E-state index in [1.807, 2.05) is 6.92 Å². The summed E-state index contributed by atoms with van der Waals surface area (Å²) in [6.07, 6.45) is 0.816. The van der Waals surface area contributed by atoms with E-state index in [-0.39, 0.29) is 10.8 Å². The lowest BCUT2D eigenvalue weighted by Gasteiger charge is -2.17. The van der Waals surface area contributed by atoms with E-state index in [0.717, 1.165) is 12.5 Å². The molecule has 1 aromatic rings. The number of nitrogens with zero attached hydrogens (tertiary/aromatic N) is 1. The van der Waals surface area contributed by atoms with Crippen LogP contribution in [0.1, 0.15) is 18.9 Å². The van der Waals surface area contributed by atoms with E-state index < -0.39 is 15.8 Å². The number of hydrogen-bond donors (Lipinski definition) is 0. The lowest BCUT2D eigenvalue weighted by atomic mass is 10.2. The number of alkyl halides is 1. The fourth-order valence-electron chi connectivity index (χ4n) is 2.08. The van der Waals surface area contributed by atoms with Crippen LogP contribution in [0.15, 0.2) is 23.1 Å². The second-order valence-electron chi connectivity index (χ2n) is 4.66. The molecule has 1 atom stereocenters. The van der Waals surface area contributed by atoms with Gasteiger partial charge in [-0.15, -0.1) is 11.6 Å². The molecule has 1 aliphatic rings. The fraction of sp³-hybridized carbons (Fsp3) is 0.500. The number of halogens is 2. The third-order valence-electron chi connectivity index (χ3n) is 3.15. The number of benzene rings is 1. The molecule has 0 N–H and O–H groups in total. The Kier molecular flexibility index (Phi) is 3.94. The SMILES string of the molecule is CC1CCN(S(=O)(=O)c2cc(CCl)ccc2F)C1. The van der Waals surface area contributed by atoms with Gasteiger partial charge in [-0.3, -0.25) is 0 Å². The minimum Gasteiger partial charge on any atom is -0.207 e. The maximum absolute atomic E-state index is 13.7. The first-order valence-electron chi connectivity index (χ1n) is 5.79. The van der Waals surface area contributed by atoms with Crippen LogP contribution in [0.4, 0.5) is 4.39 Å². The molecule has 1 fully saturated rings. The van der Waals surface area contributed by atoms with Crippen molar-refractivity contribution in [3.8, 4) is 0 Å². The highest BCUT2D eigenvalue weighted by Gasteiger charge is 2.32. The zero-order valence-corrected chi connectivity index (χ0v) is 11.6. The Morgan fingerprint density at radius 3 is 2.78 bits per heavy atom. The van der Waals surface area contributed by atoms with E-state index >= 15 is 0 Å². The molecule has 0 spiro atoms. The summed E-state index contributed by atoms with van der Waals surface area (Å²) in [5.74, 6) is -0.235. The van der Waals surface area contributed by atoms with Crippen LogP contribution in [-0.2, 0) is 15.9 Å². The molecule has 0 bridgehead atoms. The van der Waals surface area contributed by atoms with Gasteiger partial charge in [0.1, 0.15) is 10.7 Å². The first kappa shape index (κ1) is 13.8. The van der Waals surface area contributed by atoms with Crippen LogP contribution in [0.5, 0.6) is 0 Å². The van der Waals surface area contributed by atoms with Gasteiger partial charge in [0, 0.05) is 19.0 Å². The Balaban J connectivity index is 2.40. The normalized spacial score (nSPS) is 21.4. The zero-order valence-electron chi connectivity index (χ0n) is 10.1. The molecule has 0 saturated carbocycles. The van der Waals surface area contributed by atoms with E-state index in [0.29, 0.717) is 24.6 Å². The highest BCUT2D eigenvalue weighted by atomic mass is 35.5. The first-order chi connectivity index (χ1) is 8.45. The molecule has 100 valence electrons. The Hall–Kier alpha value is -0.650. The maximum Gasteiger partial charge on any atom is 0.246 e. The van der Waals surface area contributed by atoms with E-state index in [2.05, 4.69) is 0 Å². The molecular weight excluding hydrogens is 277 g/mol. The van der Waals surface area contributed by atoms with Crippen molar-refractivity contribution in [1.29, 1.82) is 0 Å². The van der Waals surface area contributed by atoms with Crippen LogP contribution in [0.2, 0.25) is 0 Å². The lowest BCUT2D eigenvalue weighted by molar-refractivity contribution is 0.458. The monoisotopic (exact) mass is 291 g/mol. The van der Waals surface area contributed by atoms with E-state index in [4.69, 9.17) is 11.6 Å². The van der Waals surface area contributed by atoms with Crippen LogP contribution in [0, 0.1) is 11.7 Å². The maximum atomic E-state index is 13.7. The second-order valence-corrected chi connectivity index (χ2v) is 6.83. The van der Waals surface area contributed by atoms with E-state index in [1.165, 1.54) is 16.4 Å². The summed E-state index contributed by atoms with van der Waals surface area (Å²) in [5, 5.41) is 0. The summed E-state index contributed by atoms with van der Waals surface area (Å²) in [6, 6.07) is 3.97. The van der Waals surface area contributed by atoms with Gasteiger partial charge in [0.05, 0.1) is 0 Å². The standard InChI is InChI=1S/C12H15ClFNO2S/c1-9-4-5-15(8-9)18(16,17)12-6-10(7-13)2-3-11(12)14/h2-3,6,9H,4-5,7-8H2,1H3. The molecular formula is C12H15ClFNO2S. The van der Waals surface area contributed by atoms with Crippen LogP contribution < -0.4 is 0 Å². The average Bonchev–Trinajstić information content (AvgIpc) is 2.77. The molecule has 18 heavy (non-hydrogen) atoms. The summed E-state index contributed by atoms with van der Waals surface area (Å²) >= 11 is 5.65. The quantitative estimate of drug-likeness (QED) is 0.803. The molecule has 0 aliphatic carbocycles. The summed E-state index contributed by atoms with van der Waals surface area (Å²) in [7, 11) is -3.74. The largest absolute Gasteiger partial charge is 0.246 e. The average molecular weight is 292 g/mol. The minimum atomic E-state index is -3.74. The summed E-state index contributed by atoms with van der Waals surface area (Å²) < 4.78 is 39.7. The molecule has 6 heteroatoms. The fourth-order valence-corrected chi connectivity index (χ4v) is 3.94. The first-order valence-corrected chi connectivity index (χ1v) is 7.77. The van der Waals surface area contributed by atoms with Crippen LogP contribution in [0.25, 0.3) is 0 Å². The van der Waals surface area contributed by atoms with Crippen molar-refractivity contribution in [1.82, 2.24) is 4.31 Å². The van der Waals surface area contributed by atoms with Crippen molar-refractivity contribution in [3.05, 3.63) is 29.6 Å². The van der Waals surface area contributed by atoms with Gasteiger partial charge < -0.3 is 0 Å². The lowest BCUT2D eigenvalue weighted by Crippen LogP contribution is -2.29. The van der Waals surface area contributed by atoms with Crippen molar-refractivity contribution in [2.75, 3.05) is 13.1 Å². The van der Waals surface area contributed by atoms with Gasteiger partial charge in [-0.2, -0.15) is 4.31 Å². The molecule has 1 heterocycles. The zero-order chi connectivity index (χ0) is 13.3. The van der Waals surface area contributed by atoms with Crippen molar-refractivity contribution < 1.29 is 12.8 Å². The predicted molar refractivity (Wildman–Crippen MR) is 68.5 cm³/mol. The molecule has 3 nitrogen and oxygen atoms in total.